The maximum Gasteiger partial charge on any atom is 0.148 e. The molecule has 0 aliphatic carbocycles. The summed E-state index contributed by atoms with van der Waals surface area (Å²) in [6, 6.07) is 6.92. The molecule has 0 fully saturated rings. The Morgan fingerprint density at radius 1 is 1.47 bits per heavy atom. The molecule has 0 aromatic heterocycles. The van der Waals surface area contributed by atoms with Gasteiger partial charge in [0.1, 0.15) is 18.6 Å². The minimum absolute atomic E-state index is 0.257. The number of carbonyl (C=O) groups is 1. The van der Waals surface area contributed by atoms with Gasteiger partial charge in [-0.25, -0.2) is 0 Å². The zero-order valence-electron chi connectivity index (χ0n) is 8.35. The van der Waals surface area contributed by atoms with E-state index in [2.05, 4.69) is 5.92 Å². The Morgan fingerprint density at radius 2 is 2.13 bits per heavy atom. The molecule has 0 radical (unpaired) electrons. The molecule has 0 heterocycles. The van der Waals surface area contributed by atoms with Gasteiger partial charge in [-0.3, -0.25) is 0 Å². The van der Waals surface area contributed by atoms with Crippen molar-refractivity contribution in [1.82, 2.24) is 0 Å². The highest BCUT2D eigenvalue weighted by Gasteiger charge is 2.01. The Kier molecular flexibility index (Phi) is 4.39. The molecule has 3 nitrogen and oxygen atoms in total. The predicted molar refractivity (Wildman–Crippen MR) is 58.5 cm³/mol. The second kappa shape index (κ2) is 5.84. The summed E-state index contributed by atoms with van der Waals surface area (Å²) in [5.74, 6) is 3.10. The van der Waals surface area contributed by atoms with Crippen molar-refractivity contribution >= 4 is 6.29 Å². The molecule has 3 heteroatoms. The van der Waals surface area contributed by atoms with Crippen LogP contribution >= 0.6 is 0 Å². The Labute approximate surface area is 89.2 Å². The van der Waals surface area contributed by atoms with Crippen LogP contribution in [0.15, 0.2) is 24.3 Å². The van der Waals surface area contributed by atoms with E-state index in [1.165, 1.54) is 0 Å². The van der Waals surface area contributed by atoms with E-state index in [9.17, 15) is 4.79 Å². The summed E-state index contributed by atoms with van der Waals surface area (Å²) in [6.07, 6.45) is 6.34. The van der Waals surface area contributed by atoms with Crippen LogP contribution in [-0.4, -0.2) is 18.9 Å². The smallest absolute Gasteiger partial charge is 0.148 e. The molecule has 15 heavy (non-hydrogen) atoms. The van der Waals surface area contributed by atoms with Gasteiger partial charge in [-0.1, -0.05) is 18.1 Å². The highest BCUT2D eigenvalue weighted by Crippen LogP contribution is 2.12. The fourth-order valence-electron chi connectivity index (χ4n) is 1.17. The molecular weight excluding hydrogens is 190 g/mol. The van der Waals surface area contributed by atoms with Crippen LogP contribution in [-0.2, 0) is 11.2 Å². The number of aldehydes is 1. The third-order valence-corrected chi connectivity index (χ3v) is 1.89. The number of terminal acetylenes is 1. The average molecular weight is 203 g/mol. The van der Waals surface area contributed by atoms with Crippen molar-refractivity contribution < 1.29 is 9.53 Å². The molecule has 78 valence electrons. The van der Waals surface area contributed by atoms with Crippen LogP contribution < -0.4 is 10.5 Å². The molecule has 0 spiro atoms. The summed E-state index contributed by atoms with van der Waals surface area (Å²) in [5, 5.41) is 0. The van der Waals surface area contributed by atoms with Crippen LogP contribution in [0.1, 0.15) is 5.56 Å². The molecule has 0 saturated carbocycles. The van der Waals surface area contributed by atoms with Crippen LogP contribution in [0.3, 0.4) is 0 Å². The fourth-order valence-corrected chi connectivity index (χ4v) is 1.17. The normalized spacial score (nSPS) is 11.5. The van der Waals surface area contributed by atoms with Crippen molar-refractivity contribution in [3.05, 3.63) is 29.8 Å². The SMILES string of the molecule is C#CCOc1ccc(C[C@H](N)C=O)cc1. The second-order valence-corrected chi connectivity index (χ2v) is 3.14. The summed E-state index contributed by atoms with van der Waals surface area (Å²) in [5.41, 5.74) is 6.50. The average Bonchev–Trinajstić information content (AvgIpc) is 2.28. The van der Waals surface area contributed by atoms with Crippen molar-refractivity contribution in [3.8, 4) is 18.1 Å². The van der Waals surface area contributed by atoms with Gasteiger partial charge in [0.25, 0.3) is 0 Å². The zero-order chi connectivity index (χ0) is 11.1. The van der Waals surface area contributed by atoms with Crippen LogP contribution in [0, 0.1) is 12.3 Å². The second-order valence-electron chi connectivity index (χ2n) is 3.14. The van der Waals surface area contributed by atoms with E-state index < -0.39 is 6.04 Å². The monoisotopic (exact) mass is 203 g/mol. The Hall–Kier alpha value is -1.79. The van der Waals surface area contributed by atoms with Gasteiger partial charge in [-0.15, -0.1) is 6.42 Å². The van der Waals surface area contributed by atoms with E-state index >= 15 is 0 Å². The molecule has 1 aromatic rings. The number of nitrogens with two attached hydrogens (primary N) is 1. The first kappa shape index (κ1) is 11.3. The van der Waals surface area contributed by atoms with Gasteiger partial charge >= 0.3 is 0 Å². The van der Waals surface area contributed by atoms with Gasteiger partial charge in [-0.05, 0) is 24.1 Å². The van der Waals surface area contributed by atoms with E-state index in [4.69, 9.17) is 16.9 Å². The van der Waals surface area contributed by atoms with Crippen molar-refractivity contribution in [3.63, 3.8) is 0 Å². The number of ether oxygens (including phenoxy) is 1. The third kappa shape index (κ3) is 3.84. The number of hydrogen-bond donors (Lipinski definition) is 1. The minimum Gasteiger partial charge on any atom is -0.481 e. The molecule has 0 amide bonds. The first-order valence-electron chi connectivity index (χ1n) is 4.62. The summed E-state index contributed by atoms with van der Waals surface area (Å²) in [7, 11) is 0. The highest BCUT2D eigenvalue weighted by atomic mass is 16.5. The van der Waals surface area contributed by atoms with E-state index in [-0.39, 0.29) is 6.61 Å². The highest BCUT2D eigenvalue weighted by molar-refractivity contribution is 5.57. The lowest BCUT2D eigenvalue weighted by Crippen LogP contribution is -2.23. The van der Waals surface area contributed by atoms with E-state index in [0.29, 0.717) is 6.42 Å². The number of carbonyl (C=O) groups excluding carboxylic acids is 1. The largest absolute Gasteiger partial charge is 0.481 e. The summed E-state index contributed by atoms with van der Waals surface area (Å²) in [6.45, 7) is 0.257. The maximum atomic E-state index is 10.3. The standard InChI is InChI=1S/C12H13NO2/c1-2-7-15-12-5-3-10(4-6-12)8-11(13)9-14/h1,3-6,9,11H,7-8,13H2/t11-/m0/s1. The summed E-state index contributed by atoms with van der Waals surface area (Å²) in [4.78, 5) is 10.3. The van der Waals surface area contributed by atoms with Crippen molar-refractivity contribution in [2.75, 3.05) is 6.61 Å². The van der Waals surface area contributed by atoms with Crippen molar-refractivity contribution in [1.29, 1.82) is 0 Å². The molecule has 1 atom stereocenters. The molecule has 0 unspecified atom stereocenters. The Balaban J connectivity index is 2.56. The number of hydrogen-bond acceptors (Lipinski definition) is 3. The molecule has 1 rings (SSSR count). The molecular formula is C12H13NO2. The number of benzene rings is 1. The molecule has 0 aliphatic heterocycles. The third-order valence-electron chi connectivity index (χ3n) is 1.89. The zero-order valence-corrected chi connectivity index (χ0v) is 8.35. The topological polar surface area (TPSA) is 52.3 Å². The molecule has 0 aliphatic rings. The lowest BCUT2D eigenvalue weighted by atomic mass is 10.1. The van der Waals surface area contributed by atoms with E-state index in [0.717, 1.165) is 17.6 Å². The summed E-state index contributed by atoms with van der Waals surface area (Å²) >= 11 is 0. The van der Waals surface area contributed by atoms with Crippen LogP contribution in [0.25, 0.3) is 0 Å². The van der Waals surface area contributed by atoms with Gasteiger partial charge in [0.2, 0.25) is 0 Å². The van der Waals surface area contributed by atoms with Gasteiger partial charge in [0.05, 0.1) is 6.04 Å². The van der Waals surface area contributed by atoms with Gasteiger partial charge in [-0.2, -0.15) is 0 Å². The first-order valence-corrected chi connectivity index (χ1v) is 4.62. The first-order chi connectivity index (χ1) is 7.26. The molecule has 0 bridgehead atoms. The molecule has 0 saturated heterocycles. The van der Waals surface area contributed by atoms with E-state index in [1.807, 2.05) is 24.3 Å². The van der Waals surface area contributed by atoms with Crippen LogP contribution in [0.4, 0.5) is 0 Å². The lowest BCUT2D eigenvalue weighted by Gasteiger charge is -2.06. The van der Waals surface area contributed by atoms with Gasteiger partial charge in [0, 0.05) is 0 Å². The molecule has 1 aromatic carbocycles. The maximum absolute atomic E-state index is 10.3. The van der Waals surface area contributed by atoms with Gasteiger partial charge in [0.15, 0.2) is 0 Å². The fraction of sp³-hybridized carbons (Fsp3) is 0.250. The van der Waals surface area contributed by atoms with Crippen LogP contribution in [0.5, 0.6) is 5.75 Å². The van der Waals surface area contributed by atoms with Crippen LogP contribution in [0.2, 0.25) is 0 Å². The minimum atomic E-state index is -0.442. The predicted octanol–water partition coefficient (Wildman–Crippen LogP) is 0.767. The molecule has 2 N–H and O–H groups in total. The quantitative estimate of drug-likeness (QED) is 0.568. The van der Waals surface area contributed by atoms with Crippen molar-refractivity contribution in [2.24, 2.45) is 5.73 Å². The Morgan fingerprint density at radius 3 is 2.67 bits per heavy atom. The summed E-state index contributed by atoms with van der Waals surface area (Å²) < 4.78 is 5.20. The van der Waals surface area contributed by atoms with Crippen molar-refractivity contribution in [2.45, 2.75) is 12.5 Å². The Bertz CT molecular complexity index is 351. The number of rotatable bonds is 5. The lowest BCUT2D eigenvalue weighted by molar-refractivity contribution is -0.108. The van der Waals surface area contributed by atoms with E-state index in [1.54, 1.807) is 0 Å². The van der Waals surface area contributed by atoms with Gasteiger partial charge < -0.3 is 15.3 Å².